The molecule has 1 N–H and O–H groups in total. The Bertz CT molecular complexity index is 381. The van der Waals surface area contributed by atoms with E-state index in [9.17, 15) is 0 Å². The fourth-order valence-electron chi connectivity index (χ4n) is 2.14. The van der Waals surface area contributed by atoms with Crippen LogP contribution in [0.3, 0.4) is 0 Å². The minimum Gasteiger partial charge on any atom is -0.492 e. The highest BCUT2D eigenvalue weighted by Gasteiger charge is 2.08. The van der Waals surface area contributed by atoms with Crippen LogP contribution in [-0.2, 0) is 0 Å². The Morgan fingerprint density at radius 3 is 2.90 bits per heavy atom. The molecule has 0 saturated carbocycles. The molecule has 20 heavy (non-hydrogen) atoms. The number of hydrogen-bond donors (Lipinski definition) is 1. The lowest BCUT2D eigenvalue weighted by molar-refractivity contribution is 0.255. The Labute approximate surface area is 128 Å². The van der Waals surface area contributed by atoms with Gasteiger partial charge in [0.25, 0.3) is 0 Å². The van der Waals surface area contributed by atoms with Gasteiger partial charge in [-0.05, 0) is 44.0 Å². The lowest BCUT2D eigenvalue weighted by atomic mass is 10.1. The lowest BCUT2D eigenvalue weighted by Gasteiger charge is -2.18. The van der Waals surface area contributed by atoms with Gasteiger partial charge in [-0.25, -0.2) is 0 Å². The van der Waals surface area contributed by atoms with Crippen LogP contribution < -0.4 is 10.1 Å². The predicted molar refractivity (Wildman–Crippen MR) is 87.7 cm³/mol. The van der Waals surface area contributed by atoms with Gasteiger partial charge in [-0.3, -0.25) is 0 Å². The first-order valence-corrected chi connectivity index (χ1v) is 7.86. The van der Waals surface area contributed by atoms with Gasteiger partial charge in [-0.15, -0.1) is 6.58 Å². The van der Waals surface area contributed by atoms with Crippen molar-refractivity contribution >= 4 is 11.6 Å². The first kappa shape index (κ1) is 17.1. The van der Waals surface area contributed by atoms with E-state index < -0.39 is 0 Å². The van der Waals surface area contributed by atoms with E-state index in [0.29, 0.717) is 17.7 Å². The topological polar surface area (TPSA) is 21.3 Å². The zero-order valence-corrected chi connectivity index (χ0v) is 13.2. The summed E-state index contributed by atoms with van der Waals surface area (Å²) in [4.78, 5) is 0. The molecule has 0 aromatic heterocycles. The maximum absolute atomic E-state index is 5.95. The molecule has 3 heteroatoms. The molecule has 1 rings (SSSR count). The Hall–Kier alpha value is -0.990. The molecule has 0 radical (unpaired) electrons. The first-order chi connectivity index (χ1) is 9.76. The molecule has 0 aliphatic carbocycles. The van der Waals surface area contributed by atoms with Crippen LogP contribution in [0.5, 0.6) is 5.75 Å². The summed E-state index contributed by atoms with van der Waals surface area (Å²) >= 11 is 5.95. The van der Waals surface area contributed by atoms with E-state index in [0.717, 1.165) is 25.1 Å². The van der Waals surface area contributed by atoms with Gasteiger partial charge in [0.1, 0.15) is 12.4 Å². The van der Waals surface area contributed by atoms with Crippen molar-refractivity contribution in [3.63, 3.8) is 0 Å². The van der Waals surface area contributed by atoms with Gasteiger partial charge in [0.15, 0.2) is 0 Å². The Morgan fingerprint density at radius 2 is 2.20 bits per heavy atom. The number of ether oxygens (including phenoxy) is 1. The van der Waals surface area contributed by atoms with Crippen LogP contribution in [0.4, 0.5) is 0 Å². The van der Waals surface area contributed by atoms with Gasteiger partial charge >= 0.3 is 0 Å². The monoisotopic (exact) mass is 295 g/mol. The summed E-state index contributed by atoms with van der Waals surface area (Å²) in [6.07, 6.45) is 7.97. The minimum atomic E-state index is 0.405. The second-order valence-corrected chi connectivity index (χ2v) is 5.39. The van der Waals surface area contributed by atoms with Crippen molar-refractivity contribution in [3.05, 3.63) is 41.9 Å². The number of benzene rings is 1. The third kappa shape index (κ3) is 7.56. The Balaban J connectivity index is 2.29. The van der Waals surface area contributed by atoms with Crippen LogP contribution >= 0.6 is 11.6 Å². The van der Waals surface area contributed by atoms with Crippen LogP contribution in [0.1, 0.15) is 39.0 Å². The number of nitrogens with one attached hydrogen (secondary N) is 1. The second kappa shape index (κ2) is 10.8. The molecule has 0 aliphatic heterocycles. The average molecular weight is 296 g/mol. The van der Waals surface area contributed by atoms with E-state index in [2.05, 4.69) is 18.8 Å². The van der Waals surface area contributed by atoms with Gasteiger partial charge < -0.3 is 10.1 Å². The van der Waals surface area contributed by atoms with E-state index in [4.69, 9.17) is 16.3 Å². The molecule has 1 aromatic carbocycles. The smallest absolute Gasteiger partial charge is 0.120 e. The van der Waals surface area contributed by atoms with Crippen LogP contribution in [0.25, 0.3) is 0 Å². The van der Waals surface area contributed by atoms with Crippen LogP contribution in [0, 0.1) is 0 Å². The summed E-state index contributed by atoms with van der Waals surface area (Å²) < 4.78 is 5.82. The van der Waals surface area contributed by atoms with Crippen molar-refractivity contribution in [2.45, 2.75) is 45.1 Å². The number of halogens is 1. The fraction of sp³-hybridized carbons (Fsp3) is 0.529. The van der Waals surface area contributed by atoms with Gasteiger partial charge in [0.2, 0.25) is 0 Å². The van der Waals surface area contributed by atoms with Crippen molar-refractivity contribution in [1.82, 2.24) is 5.32 Å². The normalized spacial score (nSPS) is 12.1. The van der Waals surface area contributed by atoms with Gasteiger partial charge in [0.05, 0.1) is 0 Å². The van der Waals surface area contributed by atoms with Crippen molar-refractivity contribution < 1.29 is 4.74 Å². The van der Waals surface area contributed by atoms with Gasteiger partial charge in [0, 0.05) is 11.1 Å². The van der Waals surface area contributed by atoms with E-state index in [1.165, 1.54) is 19.3 Å². The largest absolute Gasteiger partial charge is 0.492 e. The zero-order valence-electron chi connectivity index (χ0n) is 12.4. The number of unbranched alkanes of at least 4 members (excludes halogenated alkanes) is 3. The predicted octanol–water partition coefficient (Wildman–Crippen LogP) is 4.83. The molecule has 0 saturated heterocycles. The molecule has 0 spiro atoms. The van der Waals surface area contributed by atoms with Crippen molar-refractivity contribution in [2.75, 3.05) is 13.2 Å². The van der Waals surface area contributed by atoms with Crippen LogP contribution in [0.2, 0.25) is 5.02 Å². The average Bonchev–Trinajstić information content (AvgIpc) is 2.44. The number of allylic oxidation sites excluding steroid dienone is 1. The van der Waals surface area contributed by atoms with E-state index in [-0.39, 0.29) is 0 Å². The lowest BCUT2D eigenvalue weighted by Crippen LogP contribution is -2.34. The number of rotatable bonds is 11. The number of hydrogen-bond acceptors (Lipinski definition) is 2. The molecule has 2 nitrogen and oxygen atoms in total. The second-order valence-electron chi connectivity index (χ2n) is 4.95. The molecule has 112 valence electrons. The summed E-state index contributed by atoms with van der Waals surface area (Å²) in [6, 6.07) is 7.97. The molecule has 0 fully saturated rings. The highest BCUT2D eigenvalue weighted by atomic mass is 35.5. The Morgan fingerprint density at radius 1 is 1.35 bits per heavy atom. The summed E-state index contributed by atoms with van der Waals surface area (Å²) in [7, 11) is 0. The Kier molecular flexibility index (Phi) is 9.18. The molecule has 0 aliphatic rings. The highest BCUT2D eigenvalue weighted by Crippen LogP contribution is 2.17. The summed E-state index contributed by atoms with van der Waals surface area (Å²) in [5.41, 5.74) is 0. The van der Waals surface area contributed by atoms with E-state index >= 15 is 0 Å². The molecule has 0 heterocycles. The van der Waals surface area contributed by atoms with Crippen molar-refractivity contribution in [2.24, 2.45) is 0 Å². The van der Waals surface area contributed by atoms with Crippen molar-refractivity contribution in [1.29, 1.82) is 0 Å². The molecular weight excluding hydrogens is 270 g/mol. The third-order valence-corrected chi connectivity index (χ3v) is 3.44. The van der Waals surface area contributed by atoms with Gasteiger partial charge in [-0.2, -0.15) is 0 Å². The van der Waals surface area contributed by atoms with Crippen LogP contribution in [0.15, 0.2) is 36.9 Å². The molecule has 1 unspecified atom stereocenters. The third-order valence-electron chi connectivity index (χ3n) is 3.20. The maximum Gasteiger partial charge on any atom is 0.120 e. The fourth-order valence-corrected chi connectivity index (χ4v) is 2.32. The SMILES string of the molecule is C=CCCCCCC(COc1cccc(Cl)c1)NCC. The van der Waals surface area contributed by atoms with E-state index in [1.54, 1.807) is 0 Å². The first-order valence-electron chi connectivity index (χ1n) is 7.49. The van der Waals surface area contributed by atoms with Crippen LogP contribution in [-0.4, -0.2) is 19.2 Å². The number of likely N-dealkylation sites (N-methyl/N-ethyl adjacent to an activating group) is 1. The standard InChI is InChI=1S/C17H26ClNO/c1-3-5-6-7-8-11-16(19-4-2)14-20-17-12-9-10-15(18)13-17/h3,9-10,12-13,16,19H,1,4-8,11,14H2,2H3. The van der Waals surface area contributed by atoms with E-state index in [1.807, 2.05) is 30.3 Å². The molecule has 0 bridgehead atoms. The minimum absolute atomic E-state index is 0.405. The van der Waals surface area contributed by atoms with Crippen molar-refractivity contribution in [3.8, 4) is 5.75 Å². The molecule has 1 atom stereocenters. The molecular formula is C17H26ClNO. The summed E-state index contributed by atoms with van der Waals surface area (Å²) in [5.74, 6) is 0.840. The van der Waals surface area contributed by atoms with Gasteiger partial charge in [-0.1, -0.05) is 43.5 Å². The quantitative estimate of drug-likeness (QED) is 0.466. The highest BCUT2D eigenvalue weighted by molar-refractivity contribution is 6.30. The zero-order chi connectivity index (χ0) is 14.6. The maximum atomic E-state index is 5.95. The summed E-state index contributed by atoms with van der Waals surface area (Å²) in [5, 5.41) is 4.19. The summed E-state index contributed by atoms with van der Waals surface area (Å²) in [6.45, 7) is 7.54. The molecule has 0 amide bonds. The molecule has 1 aromatic rings.